The molecule has 0 aromatic rings. The van der Waals surface area contributed by atoms with Crippen LogP contribution in [0.3, 0.4) is 0 Å². The van der Waals surface area contributed by atoms with Gasteiger partial charge in [0.15, 0.2) is 0 Å². The summed E-state index contributed by atoms with van der Waals surface area (Å²) in [6.45, 7) is 2.36. The van der Waals surface area contributed by atoms with E-state index in [1.165, 1.54) is 13.8 Å². The van der Waals surface area contributed by atoms with Gasteiger partial charge in [0.1, 0.15) is 0 Å². The van der Waals surface area contributed by atoms with Crippen molar-refractivity contribution in [3.63, 3.8) is 0 Å². The van der Waals surface area contributed by atoms with Crippen molar-refractivity contribution in [2.24, 2.45) is 0 Å². The Morgan fingerprint density at radius 1 is 1.11 bits per heavy atom. The molecule has 0 heterocycles. The molecule has 0 radical (unpaired) electrons. The van der Waals surface area contributed by atoms with Crippen LogP contribution in [0.1, 0.15) is 13.8 Å². The first-order valence-corrected chi connectivity index (χ1v) is 1.82. The second-order valence-electron chi connectivity index (χ2n) is 1.09. The van der Waals surface area contributed by atoms with Crippen LogP contribution in [0.4, 0.5) is 0 Å². The van der Waals surface area contributed by atoms with E-state index >= 15 is 0 Å². The third-order valence-electron chi connectivity index (χ3n) is 0.287. The Morgan fingerprint density at radius 3 is 1.33 bits per heavy atom. The summed E-state index contributed by atoms with van der Waals surface area (Å²) < 4.78 is 3.97. The van der Waals surface area contributed by atoms with E-state index in [4.69, 9.17) is 0 Å². The SMILES string of the molecule is CC(=O)OC(C)=O.[Nd].[Sm]. The molecule has 0 saturated carbocycles. The molecule has 0 aliphatic rings. The minimum Gasteiger partial charge on any atom is -0.394 e. The number of ether oxygens (including phenoxy) is 1. The molecule has 0 spiro atoms. The second-order valence-corrected chi connectivity index (χ2v) is 1.09. The van der Waals surface area contributed by atoms with E-state index in [-0.39, 0.29) is 81.2 Å². The van der Waals surface area contributed by atoms with E-state index < -0.39 is 11.9 Å². The third-order valence-corrected chi connectivity index (χ3v) is 0.287. The summed E-state index contributed by atoms with van der Waals surface area (Å²) in [5, 5.41) is 0. The average molecular weight is 397 g/mol. The van der Waals surface area contributed by atoms with Crippen molar-refractivity contribution in [2.45, 2.75) is 13.8 Å². The maximum absolute atomic E-state index is 9.81. The topological polar surface area (TPSA) is 43.4 Å². The quantitative estimate of drug-likeness (QED) is 0.431. The Bertz CT molecular complexity index is 92.0. The molecule has 0 N–H and O–H groups in total. The average Bonchev–Trinajstić information content (AvgIpc) is 1.27. The molecule has 0 amide bonds. The third kappa shape index (κ3) is 17.7. The van der Waals surface area contributed by atoms with Gasteiger partial charge in [-0.25, -0.2) is 0 Å². The Kier molecular flexibility index (Phi) is 18.6. The van der Waals surface area contributed by atoms with Crippen molar-refractivity contribution in [1.29, 1.82) is 0 Å². The van der Waals surface area contributed by atoms with E-state index in [2.05, 4.69) is 4.74 Å². The van der Waals surface area contributed by atoms with Gasteiger partial charge in [-0.05, 0) is 0 Å². The van der Waals surface area contributed by atoms with Gasteiger partial charge in [0.2, 0.25) is 0 Å². The molecule has 50 valence electrons. The van der Waals surface area contributed by atoms with Crippen LogP contribution in [0.25, 0.3) is 0 Å². The molecule has 0 aliphatic carbocycles. The predicted octanol–water partition coefficient (Wildman–Crippen LogP) is 0.0960. The molecule has 0 aromatic carbocycles. The molecule has 0 atom stereocenters. The van der Waals surface area contributed by atoms with Gasteiger partial charge >= 0.3 is 11.9 Å². The van der Waals surface area contributed by atoms with E-state index in [0.717, 1.165) is 0 Å². The minimum absolute atomic E-state index is 0. The number of carbonyl (C=O) groups is 2. The number of hydrogen-bond donors (Lipinski definition) is 0. The van der Waals surface area contributed by atoms with Gasteiger partial charge in [-0.3, -0.25) is 9.59 Å². The fourth-order valence-corrected chi connectivity index (χ4v) is 0.202. The molecule has 0 fully saturated rings. The van der Waals surface area contributed by atoms with Crippen LogP contribution in [0, 0.1) is 81.2 Å². The summed E-state index contributed by atoms with van der Waals surface area (Å²) in [4.78, 5) is 19.6. The first-order valence-electron chi connectivity index (χ1n) is 1.82. The Labute approximate surface area is 119 Å². The molecular formula is C4H6NdO3Sm. The normalized spacial score (nSPS) is 6.00. The summed E-state index contributed by atoms with van der Waals surface area (Å²) in [6, 6.07) is 0. The number of hydrogen-bond acceptors (Lipinski definition) is 3. The smallest absolute Gasteiger partial charge is 0.310 e. The van der Waals surface area contributed by atoms with E-state index in [0.29, 0.717) is 0 Å². The maximum atomic E-state index is 9.81. The van der Waals surface area contributed by atoms with Crippen LogP contribution >= 0.6 is 0 Å². The Hall–Kier alpha value is 1.83. The summed E-state index contributed by atoms with van der Waals surface area (Å²) >= 11 is 0. The zero-order valence-electron chi connectivity index (χ0n) is 5.13. The summed E-state index contributed by atoms with van der Waals surface area (Å²) in [7, 11) is 0. The van der Waals surface area contributed by atoms with Gasteiger partial charge in [-0.2, -0.15) is 0 Å². The number of rotatable bonds is 0. The molecule has 5 heteroatoms. The predicted molar refractivity (Wildman–Crippen MR) is 22.4 cm³/mol. The van der Waals surface area contributed by atoms with Crippen molar-refractivity contribution in [3.8, 4) is 0 Å². The van der Waals surface area contributed by atoms with Crippen LogP contribution in [0.5, 0.6) is 0 Å². The largest absolute Gasteiger partial charge is 0.394 e. The molecule has 3 nitrogen and oxygen atoms in total. The molecule has 0 rings (SSSR count). The second kappa shape index (κ2) is 9.83. The van der Waals surface area contributed by atoms with Crippen LogP contribution in [0.2, 0.25) is 0 Å². The summed E-state index contributed by atoms with van der Waals surface area (Å²) in [5.74, 6) is -1.12. The molecule has 0 aromatic heterocycles. The first-order chi connectivity index (χ1) is 3.13. The fraction of sp³-hybridized carbons (Fsp3) is 0.500. The van der Waals surface area contributed by atoms with E-state index in [1.807, 2.05) is 0 Å². The molecule has 0 bridgehead atoms. The van der Waals surface area contributed by atoms with Crippen molar-refractivity contribution in [3.05, 3.63) is 0 Å². The van der Waals surface area contributed by atoms with Gasteiger partial charge in [0.25, 0.3) is 0 Å². The van der Waals surface area contributed by atoms with Crippen LogP contribution in [-0.4, -0.2) is 11.9 Å². The molecular weight excluding hydrogens is 391 g/mol. The fourth-order valence-electron chi connectivity index (χ4n) is 0.202. The van der Waals surface area contributed by atoms with Gasteiger partial charge in [-0.1, -0.05) is 0 Å². The van der Waals surface area contributed by atoms with Crippen molar-refractivity contribution in [1.82, 2.24) is 0 Å². The van der Waals surface area contributed by atoms with Crippen molar-refractivity contribution in [2.75, 3.05) is 0 Å². The van der Waals surface area contributed by atoms with Crippen LogP contribution in [0.15, 0.2) is 0 Å². The monoisotopic (exact) mass is 396 g/mol. The van der Waals surface area contributed by atoms with Crippen LogP contribution < -0.4 is 0 Å². The van der Waals surface area contributed by atoms with Crippen molar-refractivity contribution >= 4 is 11.9 Å². The van der Waals surface area contributed by atoms with E-state index in [1.54, 1.807) is 0 Å². The summed E-state index contributed by atoms with van der Waals surface area (Å²) in [6.07, 6.45) is 0. The van der Waals surface area contributed by atoms with Crippen molar-refractivity contribution < 1.29 is 95.6 Å². The minimum atomic E-state index is -0.562. The summed E-state index contributed by atoms with van der Waals surface area (Å²) in [5.41, 5.74) is 0. The number of esters is 2. The van der Waals surface area contributed by atoms with Gasteiger partial charge in [0, 0.05) is 95.1 Å². The van der Waals surface area contributed by atoms with Gasteiger partial charge in [0.05, 0.1) is 0 Å². The molecule has 0 unspecified atom stereocenters. The van der Waals surface area contributed by atoms with Crippen LogP contribution in [-0.2, 0) is 14.3 Å². The first kappa shape index (κ1) is 17.1. The van der Waals surface area contributed by atoms with Gasteiger partial charge in [-0.15, -0.1) is 0 Å². The Balaban J connectivity index is -0.000000180. The molecule has 9 heavy (non-hydrogen) atoms. The molecule has 0 saturated heterocycles. The molecule has 0 aliphatic heterocycles. The number of carbonyl (C=O) groups excluding carboxylic acids is 2. The van der Waals surface area contributed by atoms with E-state index in [9.17, 15) is 9.59 Å². The zero-order valence-corrected chi connectivity index (χ0v) is 11.0. The Morgan fingerprint density at radius 2 is 1.33 bits per heavy atom. The standard InChI is InChI=1S/C4H6O3.Nd.Sm/c1-3(5)7-4(2)6;;/h1-2H3;;. The maximum Gasteiger partial charge on any atom is 0.310 e. The van der Waals surface area contributed by atoms with Gasteiger partial charge < -0.3 is 4.74 Å². The zero-order chi connectivity index (χ0) is 5.86.